The van der Waals surface area contributed by atoms with Gasteiger partial charge in [-0.2, -0.15) is 0 Å². The third kappa shape index (κ3) is 2.73. The number of benzene rings is 1. The molecule has 1 unspecified atom stereocenters. The van der Waals surface area contributed by atoms with Crippen LogP contribution >= 0.6 is 0 Å². The second-order valence-electron chi connectivity index (χ2n) is 5.11. The van der Waals surface area contributed by atoms with Crippen LogP contribution in [0.5, 0.6) is 5.75 Å². The van der Waals surface area contributed by atoms with Crippen LogP contribution in [0.3, 0.4) is 0 Å². The molecule has 1 aromatic heterocycles. The molecule has 2 rings (SSSR count). The number of para-hydroxylation sites is 1. The van der Waals surface area contributed by atoms with E-state index in [1.165, 1.54) is 0 Å². The average Bonchev–Trinajstić information content (AvgIpc) is 2.29. The first-order chi connectivity index (χ1) is 8.58. The van der Waals surface area contributed by atoms with Gasteiger partial charge in [-0.3, -0.25) is 4.98 Å². The minimum Gasteiger partial charge on any atom is -0.490 e. The number of ether oxygens (including phenoxy) is 1. The molecule has 1 heterocycles. The molecule has 3 heteroatoms. The highest BCUT2D eigenvalue weighted by molar-refractivity contribution is 5.93. The number of nitrogen functional groups attached to an aromatic ring is 1. The molecule has 0 spiro atoms. The fourth-order valence-corrected chi connectivity index (χ4v) is 2.21. The molecular weight excluding hydrogens is 224 g/mol. The van der Waals surface area contributed by atoms with Gasteiger partial charge in [0.25, 0.3) is 0 Å². The Hall–Kier alpha value is -1.77. The van der Waals surface area contributed by atoms with Crippen molar-refractivity contribution in [3.8, 4) is 5.75 Å². The van der Waals surface area contributed by atoms with E-state index in [0.29, 0.717) is 11.6 Å². The molecule has 0 bridgehead atoms. The van der Waals surface area contributed by atoms with Crippen LogP contribution in [0.2, 0.25) is 0 Å². The van der Waals surface area contributed by atoms with E-state index in [2.05, 4.69) is 25.8 Å². The van der Waals surface area contributed by atoms with Crippen molar-refractivity contribution in [1.82, 2.24) is 4.98 Å². The van der Waals surface area contributed by atoms with Crippen LogP contribution in [0.15, 0.2) is 30.5 Å². The summed E-state index contributed by atoms with van der Waals surface area (Å²) in [7, 11) is 0. The summed E-state index contributed by atoms with van der Waals surface area (Å²) in [5.41, 5.74) is 7.42. The zero-order valence-electron chi connectivity index (χ0n) is 11.2. The van der Waals surface area contributed by atoms with E-state index in [-0.39, 0.29) is 6.10 Å². The van der Waals surface area contributed by atoms with Crippen LogP contribution in [0.4, 0.5) is 5.69 Å². The molecule has 18 heavy (non-hydrogen) atoms. The van der Waals surface area contributed by atoms with E-state index in [1.807, 2.05) is 24.3 Å². The van der Waals surface area contributed by atoms with E-state index in [1.54, 1.807) is 6.20 Å². The van der Waals surface area contributed by atoms with Gasteiger partial charge in [-0.15, -0.1) is 0 Å². The van der Waals surface area contributed by atoms with Crippen LogP contribution in [0.1, 0.15) is 27.2 Å². The SMILES string of the molecule is CC(C)CC(C)Oc1ccnc2c(N)cccc12. The van der Waals surface area contributed by atoms with Gasteiger partial charge in [-0.1, -0.05) is 19.9 Å². The van der Waals surface area contributed by atoms with Gasteiger partial charge in [0.1, 0.15) is 5.75 Å². The van der Waals surface area contributed by atoms with Crippen LogP contribution in [-0.4, -0.2) is 11.1 Å². The van der Waals surface area contributed by atoms with Crippen molar-refractivity contribution < 1.29 is 4.74 Å². The smallest absolute Gasteiger partial charge is 0.130 e. The maximum absolute atomic E-state index is 6.00. The molecule has 0 fully saturated rings. The summed E-state index contributed by atoms with van der Waals surface area (Å²) in [4.78, 5) is 4.30. The Labute approximate surface area is 108 Å². The summed E-state index contributed by atoms with van der Waals surface area (Å²) in [5.74, 6) is 1.48. The van der Waals surface area contributed by atoms with Gasteiger partial charge in [-0.05, 0) is 37.5 Å². The first kappa shape index (κ1) is 12.7. The maximum atomic E-state index is 6.00. The van der Waals surface area contributed by atoms with Crippen molar-refractivity contribution >= 4 is 16.6 Å². The topological polar surface area (TPSA) is 48.1 Å². The molecule has 0 saturated carbocycles. The van der Waals surface area contributed by atoms with Crippen LogP contribution in [-0.2, 0) is 0 Å². The average molecular weight is 244 g/mol. The van der Waals surface area contributed by atoms with Gasteiger partial charge in [0, 0.05) is 11.6 Å². The van der Waals surface area contributed by atoms with Crippen LogP contribution < -0.4 is 10.5 Å². The number of fused-ring (bicyclic) bond motifs is 1. The molecule has 2 N–H and O–H groups in total. The quantitative estimate of drug-likeness (QED) is 0.835. The lowest BCUT2D eigenvalue weighted by atomic mass is 10.1. The predicted molar refractivity (Wildman–Crippen MR) is 75.7 cm³/mol. The molecule has 2 aromatic rings. The van der Waals surface area contributed by atoms with E-state index in [0.717, 1.165) is 23.1 Å². The minimum absolute atomic E-state index is 0.192. The summed E-state index contributed by atoms with van der Waals surface area (Å²) < 4.78 is 6.00. The Kier molecular flexibility index (Phi) is 3.70. The second-order valence-corrected chi connectivity index (χ2v) is 5.11. The largest absolute Gasteiger partial charge is 0.490 e. The molecule has 3 nitrogen and oxygen atoms in total. The number of nitrogens with two attached hydrogens (primary N) is 1. The molecule has 0 saturated heterocycles. The van der Waals surface area contributed by atoms with Crippen molar-refractivity contribution in [2.24, 2.45) is 5.92 Å². The zero-order chi connectivity index (χ0) is 13.1. The maximum Gasteiger partial charge on any atom is 0.130 e. The Bertz CT molecular complexity index is 537. The third-order valence-electron chi connectivity index (χ3n) is 2.89. The third-order valence-corrected chi connectivity index (χ3v) is 2.89. The fraction of sp³-hybridized carbons (Fsp3) is 0.400. The number of rotatable bonds is 4. The molecular formula is C15H20N2O. The number of hydrogen-bond acceptors (Lipinski definition) is 3. The summed E-state index contributed by atoms with van der Waals surface area (Å²) >= 11 is 0. The second kappa shape index (κ2) is 5.25. The Morgan fingerprint density at radius 1 is 1.22 bits per heavy atom. The molecule has 1 atom stereocenters. The number of pyridine rings is 1. The van der Waals surface area contributed by atoms with E-state index < -0.39 is 0 Å². The summed E-state index contributed by atoms with van der Waals surface area (Å²) in [5, 5.41) is 0.980. The summed E-state index contributed by atoms with van der Waals surface area (Å²) in [6.45, 7) is 6.49. The molecule has 0 aliphatic carbocycles. The number of aromatic nitrogens is 1. The van der Waals surface area contributed by atoms with Gasteiger partial charge in [-0.25, -0.2) is 0 Å². The minimum atomic E-state index is 0.192. The van der Waals surface area contributed by atoms with Gasteiger partial charge in [0.05, 0.1) is 17.3 Å². The summed E-state index contributed by atoms with van der Waals surface area (Å²) in [6, 6.07) is 7.69. The Morgan fingerprint density at radius 2 is 2.00 bits per heavy atom. The normalized spacial score (nSPS) is 12.9. The van der Waals surface area contributed by atoms with Crippen LogP contribution in [0.25, 0.3) is 10.9 Å². The van der Waals surface area contributed by atoms with Gasteiger partial charge < -0.3 is 10.5 Å². The number of hydrogen-bond donors (Lipinski definition) is 1. The standard InChI is InChI=1S/C15H20N2O/c1-10(2)9-11(3)18-14-7-8-17-15-12(14)5-4-6-13(15)16/h4-8,10-11H,9,16H2,1-3H3. The van der Waals surface area contributed by atoms with Crippen molar-refractivity contribution in [2.75, 3.05) is 5.73 Å². The predicted octanol–water partition coefficient (Wildman–Crippen LogP) is 3.63. The Morgan fingerprint density at radius 3 is 2.72 bits per heavy atom. The van der Waals surface area contributed by atoms with Gasteiger partial charge in [0.2, 0.25) is 0 Å². The van der Waals surface area contributed by atoms with Crippen molar-refractivity contribution in [3.05, 3.63) is 30.5 Å². The molecule has 96 valence electrons. The molecule has 0 amide bonds. The monoisotopic (exact) mass is 244 g/mol. The molecule has 0 aliphatic heterocycles. The van der Waals surface area contributed by atoms with E-state index >= 15 is 0 Å². The zero-order valence-corrected chi connectivity index (χ0v) is 11.2. The fourth-order valence-electron chi connectivity index (χ4n) is 2.21. The highest BCUT2D eigenvalue weighted by Crippen LogP contribution is 2.28. The van der Waals surface area contributed by atoms with Crippen molar-refractivity contribution in [2.45, 2.75) is 33.3 Å². The highest BCUT2D eigenvalue weighted by Gasteiger charge is 2.10. The van der Waals surface area contributed by atoms with Gasteiger partial charge in [0.15, 0.2) is 0 Å². The number of nitrogens with zero attached hydrogens (tertiary/aromatic N) is 1. The first-order valence-corrected chi connectivity index (χ1v) is 6.37. The molecule has 1 aromatic carbocycles. The lowest BCUT2D eigenvalue weighted by Crippen LogP contribution is -2.14. The van der Waals surface area contributed by atoms with Gasteiger partial charge >= 0.3 is 0 Å². The highest BCUT2D eigenvalue weighted by atomic mass is 16.5. The first-order valence-electron chi connectivity index (χ1n) is 6.37. The number of anilines is 1. The van der Waals surface area contributed by atoms with E-state index in [4.69, 9.17) is 10.5 Å². The van der Waals surface area contributed by atoms with E-state index in [9.17, 15) is 0 Å². The molecule has 0 aliphatic rings. The summed E-state index contributed by atoms with van der Waals surface area (Å²) in [6.07, 6.45) is 2.97. The van der Waals surface area contributed by atoms with Crippen molar-refractivity contribution in [1.29, 1.82) is 0 Å². The Balaban J connectivity index is 2.31. The lowest BCUT2D eigenvalue weighted by molar-refractivity contribution is 0.195. The lowest BCUT2D eigenvalue weighted by Gasteiger charge is -2.18. The van der Waals surface area contributed by atoms with Crippen LogP contribution in [0, 0.1) is 5.92 Å². The molecule has 0 radical (unpaired) electrons. The van der Waals surface area contributed by atoms with Crippen molar-refractivity contribution in [3.63, 3.8) is 0 Å².